The van der Waals surface area contributed by atoms with E-state index in [4.69, 9.17) is 15.7 Å². The molecule has 0 bridgehead atoms. The molecular weight excluding hydrogens is 444 g/mol. The van der Waals surface area contributed by atoms with Gasteiger partial charge in [-0.1, -0.05) is 49.2 Å². The lowest BCUT2D eigenvalue weighted by molar-refractivity contribution is -0.131. The van der Waals surface area contributed by atoms with Crippen molar-refractivity contribution in [3.05, 3.63) is 59.7 Å². The van der Waals surface area contributed by atoms with Gasteiger partial charge in [-0.3, -0.25) is 9.59 Å². The fraction of sp³-hybridized carbons (Fsp3) is 0.407. The number of rotatable bonds is 7. The minimum atomic E-state index is -1.13. The number of nitriles is 1. The molecule has 4 N–H and O–H groups in total. The van der Waals surface area contributed by atoms with Crippen molar-refractivity contribution in [3.8, 4) is 17.2 Å². The predicted molar refractivity (Wildman–Crippen MR) is 132 cm³/mol. The van der Waals surface area contributed by atoms with Crippen LogP contribution >= 0.6 is 0 Å². The van der Waals surface area contributed by atoms with E-state index in [9.17, 15) is 14.4 Å². The van der Waals surface area contributed by atoms with Crippen LogP contribution in [0.25, 0.3) is 11.1 Å². The first-order chi connectivity index (χ1) is 16.5. The van der Waals surface area contributed by atoms with Crippen molar-refractivity contribution in [1.29, 1.82) is 5.26 Å². The number of carbonyl (C=O) groups is 3. The topological polar surface area (TPSA) is 134 Å². The minimum absolute atomic E-state index is 0.219. The Morgan fingerprint density at radius 2 is 1.57 bits per heavy atom. The molecule has 2 aromatic carbocycles. The van der Waals surface area contributed by atoms with Crippen LogP contribution in [0.3, 0.4) is 0 Å². The van der Waals surface area contributed by atoms with E-state index >= 15 is 0 Å². The van der Waals surface area contributed by atoms with Crippen LogP contribution < -0.4 is 16.4 Å². The maximum atomic E-state index is 13.3. The predicted octanol–water partition coefficient (Wildman–Crippen LogP) is 3.58. The molecule has 0 aromatic heterocycles. The molecule has 184 valence electrons. The summed E-state index contributed by atoms with van der Waals surface area (Å²) < 4.78 is 5.35. The molecule has 1 aliphatic rings. The maximum Gasteiger partial charge on any atom is 0.408 e. The third kappa shape index (κ3) is 6.82. The van der Waals surface area contributed by atoms with Gasteiger partial charge in [0.1, 0.15) is 17.2 Å². The standard InChI is InChI=1S/C27H32N4O4/c1-26(2,3)35-25(34)31-27(14-4-5-15-27)24(33)30-22(23(29)32)16-18-6-10-20(11-7-18)21-12-8-19(17-28)9-13-21/h6-13,22H,4-5,14-16H2,1-3H3,(H2,29,32)(H,30,33)(H,31,34)/t22-/m0/s1. The molecule has 0 spiro atoms. The molecule has 3 amide bonds. The number of nitrogens with zero attached hydrogens (tertiary/aromatic N) is 1. The van der Waals surface area contributed by atoms with Crippen molar-refractivity contribution < 1.29 is 19.1 Å². The molecule has 0 aliphatic heterocycles. The smallest absolute Gasteiger partial charge is 0.408 e. The molecule has 1 atom stereocenters. The van der Waals surface area contributed by atoms with Crippen LogP contribution in [0.1, 0.15) is 57.6 Å². The Morgan fingerprint density at radius 1 is 1.03 bits per heavy atom. The van der Waals surface area contributed by atoms with Crippen molar-refractivity contribution >= 4 is 17.9 Å². The molecule has 2 aromatic rings. The number of benzene rings is 2. The molecular formula is C27H32N4O4. The molecule has 1 fully saturated rings. The Bertz CT molecular complexity index is 1110. The summed E-state index contributed by atoms with van der Waals surface area (Å²) in [5, 5.41) is 14.5. The van der Waals surface area contributed by atoms with Crippen molar-refractivity contribution in [2.75, 3.05) is 0 Å². The minimum Gasteiger partial charge on any atom is -0.444 e. The second-order valence-electron chi connectivity index (χ2n) is 9.93. The average molecular weight is 477 g/mol. The quantitative estimate of drug-likeness (QED) is 0.561. The Labute approximate surface area is 205 Å². The van der Waals surface area contributed by atoms with E-state index in [1.807, 2.05) is 36.4 Å². The lowest BCUT2D eigenvalue weighted by Crippen LogP contribution is -2.61. The zero-order chi connectivity index (χ0) is 25.6. The van der Waals surface area contributed by atoms with E-state index in [-0.39, 0.29) is 6.42 Å². The fourth-order valence-electron chi connectivity index (χ4n) is 4.21. The van der Waals surface area contributed by atoms with Crippen LogP contribution in [-0.2, 0) is 20.7 Å². The second kappa shape index (κ2) is 10.6. The lowest BCUT2D eigenvalue weighted by Gasteiger charge is -2.31. The SMILES string of the molecule is CC(C)(C)OC(=O)NC1(C(=O)N[C@@H](Cc2ccc(-c3ccc(C#N)cc3)cc2)C(N)=O)CCCC1. The Kier molecular flexibility index (Phi) is 7.80. The van der Waals surface area contributed by atoms with Gasteiger partial charge in [0.25, 0.3) is 0 Å². The monoisotopic (exact) mass is 476 g/mol. The van der Waals surface area contributed by atoms with Gasteiger partial charge < -0.3 is 21.1 Å². The van der Waals surface area contributed by atoms with Gasteiger partial charge in [0, 0.05) is 6.42 Å². The highest BCUT2D eigenvalue weighted by Crippen LogP contribution is 2.31. The number of hydrogen-bond acceptors (Lipinski definition) is 5. The third-order valence-electron chi connectivity index (χ3n) is 6.02. The van der Waals surface area contributed by atoms with E-state index < -0.39 is 35.1 Å². The first-order valence-corrected chi connectivity index (χ1v) is 11.7. The third-order valence-corrected chi connectivity index (χ3v) is 6.02. The van der Waals surface area contributed by atoms with Gasteiger partial charge in [-0.05, 0) is 62.4 Å². The van der Waals surface area contributed by atoms with Crippen molar-refractivity contribution in [2.24, 2.45) is 5.73 Å². The van der Waals surface area contributed by atoms with Crippen LogP contribution in [0.2, 0.25) is 0 Å². The maximum absolute atomic E-state index is 13.3. The summed E-state index contributed by atoms with van der Waals surface area (Å²) in [6.07, 6.45) is 2.04. The summed E-state index contributed by atoms with van der Waals surface area (Å²) in [6.45, 7) is 5.26. The average Bonchev–Trinajstić information content (AvgIpc) is 3.27. The lowest BCUT2D eigenvalue weighted by atomic mass is 9.95. The molecule has 8 heteroatoms. The first-order valence-electron chi connectivity index (χ1n) is 11.7. The van der Waals surface area contributed by atoms with Gasteiger partial charge in [-0.25, -0.2) is 4.79 Å². The van der Waals surface area contributed by atoms with E-state index in [0.29, 0.717) is 18.4 Å². The molecule has 0 unspecified atom stereocenters. The number of amides is 3. The van der Waals surface area contributed by atoms with E-state index in [1.54, 1.807) is 32.9 Å². The van der Waals surface area contributed by atoms with Gasteiger partial charge in [0.05, 0.1) is 11.6 Å². The number of nitrogens with two attached hydrogens (primary N) is 1. The van der Waals surface area contributed by atoms with Crippen LogP contribution in [-0.4, -0.2) is 35.1 Å². The van der Waals surface area contributed by atoms with Crippen molar-refractivity contribution in [2.45, 2.75) is 70.1 Å². The number of alkyl carbamates (subject to hydrolysis) is 1. The van der Waals surface area contributed by atoms with Gasteiger partial charge in [0.15, 0.2) is 0 Å². The highest BCUT2D eigenvalue weighted by atomic mass is 16.6. The molecule has 35 heavy (non-hydrogen) atoms. The normalized spacial score (nSPS) is 15.5. The van der Waals surface area contributed by atoms with E-state index in [2.05, 4.69) is 16.7 Å². The molecule has 1 saturated carbocycles. The zero-order valence-corrected chi connectivity index (χ0v) is 20.4. The van der Waals surface area contributed by atoms with Gasteiger partial charge >= 0.3 is 6.09 Å². The number of ether oxygens (including phenoxy) is 1. The summed E-state index contributed by atoms with van der Waals surface area (Å²) in [5.74, 6) is -1.08. The Morgan fingerprint density at radius 3 is 2.06 bits per heavy atom. The summed E-state index contributed by atoms with van der Waals surface area (Å²) in [5.41, 5.74) is 7.13. The Hall–Kier alpha value is -3.86. The summed E-state index contributed by atoms with van der Waals surface area (Å²) in [6, 6.07) is 16.0. The van der Waals surface area contributed by atoms with E-state index in [1.165, 1.54) is 0 Å². The first kappa shape index (κ1) is 25.8. The fourth-order valence-corrected chi connectivity index (χ4v) is 4.21. The summed E-state index contributed by atoms with van der Waals surface area (Å²) >= 11 is 0. The van der Waals surface area contributed by atoms with E-state index in [0.717, 1.165) is 29.5 Å². The van der Waals surface area contributed by atoms with Gasteiger partial charge in [-0.15, -0.1) is 0 Å². The Balaban J connectivity index is 1.70. The molecule has 8 nitrogen and oxygen atoms in total. The molecule has 3 rings (SSSR count). The molecule has 0 heterocycles. The number of carbonyl (C=O) groups excluding carboxylic acids is 3. The molecule has 0 saturated heterocycles. The van der Waals surface area contributed by atoms with Gasteiger partial charge in [0.2, 0.25) is 11.8 Å². The number of hydrogen-bond donors (Lipinski definition) is 3. The molecule has 0 radical (unpaired) electrons. The highest BCUT2D eigenvalue weighted by molar-refractivity contribution is 5.94. The zero-order valence-electron chi connectivity index (χ0n) is 20.4. The number of primary amides is 1. The number of nitrogens with one attached hydrogen (secondary N) is 2. The van der Waals surface area contributed by atoms with Crippen LogP contribution in [0.15, 0.2) is 48.5 Å². The van der Waals surface area contributed by atoms with Crippen LogP contribution in [0.4, 0.5) is 4.79 Å². The van der Waals surface area contributed by atoms with Gasteiger partial charge in [-0.2, -0.15) is 5.26 Å². The largest absolute Gasteiger partial charge is 0.444 e. The summed E-state index contributed by atoms with van der Waals surface area (Å²) in [7, 11) is 0. The van der Waals surface area contributed by atoms with Crippen LogP contribution in [0, 0.1) is 11.3 Å². The molecule has 1 aliphatic carbocycles. The summed E-state index contributed by atoms with van der Waals surface area (Å²) in [4.78, 5) is 37.8. The van der Waals surface area contributed by atoms with Crippen molar-refractivity contribution in [3.63, 3.8) is 0 Å². The van der Waals surface area contributed by atoms with Crippen molar-refractivity contribution in [1.82, 2.24) is 10.6 Å². The second-order valence-corrected chi connectivity index (χ2v) is 9.93. The van der Waals surface area contributed by atoms with Crippen LogP contribution in [0.5, 0.6) is 0 Å². The highest BCUT2D eigenvalue weighted by Gasteiger charge is 2.44.